The van der Waals surface area contributed by atoms with Gasteiger partial charge in [0, 0.05) is 55.2 Å². The summed E-state index contributed by atoms with van der Waals surface area (Å²) in [5.41, 5.74) is 0.863. The van der Waals surface area contributed by atoms with Gasteiger partial charge in [0.25, 0.3) is 5.92 Å². The average Bonchev–Trinajstić information content (AvgIpc) is 3.33. The highest BCUT2D eigenvalue weighted by Gasteiger charge is 2.44. The van der Waals surface area contributed by atoms with Crippen LogP contribution in [0.1, 0.15) is 41.3 Å². The summed E-state index contributed by atoms with van der Waals surface area (Å²) >= 11 is 0. The Bertz CT molecular complexity index is 1220. The number of carbonyl (C=O) groups is 2. The lowest BCUT2D eigenvalue weighted by Crippen LogP contribution is -2.42. The van der Waals surface area contributed by atoms with E-state index in [0.29, 0.717) is 24.4 Å². The zero-order valence-electron chi connectivity index (χ0n) is 19.7. The number of aromatic nitrogens is 1. The van der Waals surface area contributed by atoms with Crippen LogP contribution in [0.25, 0.3) is 0 Å². The maximum absolute atomic E-state index is 13.9. The van der Waals surface area contributed by atoms with Crippen LogP contribution < -0.4 is 10.6 Å². The van der Waals surface area contributed by atoms with Gasteiger partial charge in [0.05, 0.1) is 12.0 Å². The standard InChI is InChI=1S/C27H26F3N3O3/c1-26(29,30)21-4-2-3-5-22(21)33-20-9-6-18(7-10-20)15-32-25(35)27(12-13-36-17-27)14-23(34)19-8-11-24(28)31-16-19/h2-11,16,33H,12-15,17H2,1H3,(H,32,35)/t27-/m0/s1. The topological polar surface area (TPSA) is 80.3 Å². The van der Waals surface area contributed by atoms with Gasteiger partial charge in [0.15, 0.2) is 5.78 Å². The number of anilines is 2. The smallest absolute Gasteiger partial charge is 0.272 e. The van der Waals surface area contributed by atoms with Crippen LogP contribution in [0.15, 0.2) is 66.9 Å². The third-order valence-corrected chi connectivity index (χ3v) is 6.22. The van der Waals surface area contributed by atoms with Gasteiger partial charge in [-0.2, -0.15) is 4.39 Å². The second-order valence-electron chi connectivity index (χ2n) is 8.99. The maximum atomic E-state index is 13.9. The summed E-state index contributed by atoms with van der Waals surface area (Å²) in [7, 11) is 0. The van der Waals surface area contributed by atoms with Crippen molar-refractivity contribution < 1.29 is 27.5 Å². The number of ether oxygens (including phenoxy) is 1. The normalized spacial score (nSPS) is 17.6. The molecule has 0 bridgehead atoms. The van der Waals surface area contributed by atoms with Crippen molar-refractivity contribution in [3.63, 3.8) is 0 Å². The number of hydrogen-bond donors (Lipinski definition) is 2. The molecule has 0 radical (unpaired) electrons. The number of para-hydroxylation sites is 1. The highest BCUT2D eigenvalue weighted by Crippen LogP contribution is 2.35. The van der Waals surface area contributed by atoms with Gasteiger partial charge in [-0.3, -0.25) is 9.59 Å². The van der Waals surface area contributed by atoms with Crippen molar-refractivity contribution in [1.82, 2.24) is 10.3 Å². The molecular weight excluding hydrogens is 471 g/mol. The molecule has 0 spiro atoms. The number of pyridine rings is 1. The van der Waals surface area contributed by atoms with Crippen LogP contribution in [0.2, 0.25) is 0 Å². The molecule has 1 fully saturated rings. The number of alkyl halides is 2. The first-order chi connectivity index (χ1) is 17.2. The number of halogens is 3. The summed E-state index contributed by atoms with van der Waals surface area (Å²) in [5, 5.41) is 5.89. The minimum atomic E-state index is -2.98. The Hall–Kier alpha value is -3.72. The monoisotopic (exact) mass is 497 g/mol. The number of benzene rings is 2. The molecule has 2 heterocycles. The molecule has 0 saturated carbocycles. The maximum Gasteiger partial charge on any atom is 0.272 e. The Labute approximate surface area is 206 Å². The lowest BCUT2D eigenvalue weighted by Gasteiger charge is -2.25. The Morgan fingerprint density at radius 2 is 1.83 bits per heavy atom. The fraction of sp³-hybridized carbons (Fsp3) is 0.296. The van der Waals surface area contributed by atoms with E-state index in [2.05, 4.69) is 15.6 Å². The Morgan fingerprint density at radius 1 is 1.08 bits per heavy atom. The molecule has 3 aromatic rings. The third kappa shape index (κ3) is 5.91. The van der Waals surface area contributed by atoms with Crippen LogP contribution in [-0.4, -0.2) is 29.9 Å². The van der Waals surface area contributed by atoms with Crippen molar-refractivity contribution in [2.24, 2.45) is 5.41 Å². The molecular formula is C27H26F3N3O3. The number of Topliss-reactive ketones (excluding diaryl/α,β-unsaturated/α-hetero) is 1. The summed E-state index contributed by atoms with van der Waals surface area (Å²) in [6.07, 6.45) is 1.48. The highest BCUT2D eigenvalue weighted by molar-refractivity contribution is 5.99. The van der Waals surface area contributed by atoms with Crippen LogP contribution in [0, 0.1) is 11.4 Å². The fourth-order valence-electron chi connectivity index (χ4n) is 4.16. The molecule has 1 aromatic heterocycles. The summed E-state index contributed by atoms with van der Waals surface area (Å²) in [6.45, 7) is 1.55. The lowest BCUT2D eigenvalue weighted by atomic mass is 9.80. The fourth-order valence-corrected chi connectivity index (χ4v) is 4.16. The van der Waals surface area contributed by atoms with Crippen molar-refractivity contribution in [1.29, 1.82) is 0 Å². The van der Waals surface area contributed by atoms with Gasteiger partial charge in [-0.05, 0) is 42.3 Å². The Kier molecular flexibility index (Phi) is 7.40. The van der Waals surface area contributed by atoms with Crippen LogP contribution in [0.3, 0.4) is 0 Å². The molecule has 0 unspecified atom stereocenters. The zero-order chi connectivity index (χ0) is 25.8. The molecule has 1 amide bonds. The number of rotatable bonds is 9. The minimum absolute atomic E-state index is 0.0729. The number of nitrogens with one attached hydrogen (secondary N) is 2. The minimum Gasteiger partial charge on any atom is -0.380 e. The number of ketones is 1. The summed E-state index contributed by atoms with van der Waals surface area (Å²) < 4.78 is 46.3. The van der Waals surface area contributed by atoms with E-state index < -0.39 is 17.3 Å². The van der Waals surface area contributed by atoms with Gasteiger partial charge in [-0.15, -0.1) is 0 Å². The van der Waals surface area contributed by atoms with Crippen LogP contribution in [0.4, 0.5) is 24.5 Å². The Balaban J connectivity index is 1.38. The second kappa shape index (κ2) is 10.5. The predicted molar refractivity (Wildman–Crippen MR) is 129 cm³/mol. The van der Waals surface area contributed by atoms with E-state index >= 15 is 0 Å². The molecule has 4 rings (SSSR count). The van der Waals surface area contributed by atoms with Crippen molar-refractivity contribution in [3.05, 3.63) is 89.5 Å². The van der Waals surface area contributed by atoms with E-state index in [0.717, 1.165) is 24.8 Å². The molecule has 1 aliphatic heterocycles. The molecule has 2 N–H and O–H groups in total. The molecule has 188 valence electrons. The molecule has 0 aliphatic carbocycles. The second-order valence-corrected chi connectivity index (χ2v) is 8.99. The molecule has 1 aliphatic rings. The van der Waals surface area contributed by atoms with Gasteiger partial charge in [-0.25, -0.2) is 13.8 Å². The number of amides is 1. The molecule has 2 aromatic carbocycles. The van der Waals surface area contributed by atoms with Crippen LogP contribution >= 0.6 is 0 Å². The third-order valence-electron chi connectivity index (χ3n) is 6.22. The van der Waals surface area contributed by atoms with Gasteiger partial charge >= 0.3 is 0 Å². The first-order valence-corrected chi connectivity index (χ1v) is 11.5. The van der Waals surface area contributed by atoms with Gasteiger partial charge in [0.1, 0.15) is 0 Å². The van der Waals surface area contributed by atoms with Gasteiger partial charge in [0.2, 0.25) is 11.9 Å². The number of nitrogens with zero attached hydrogens (tertiary/aromatic N) is 1. The van der Waals surface area contributed by atoms with Crippen LogP contribution in [-0.2, 0) is 22.0 Å². The summed E-state index contributed by atoms with van der Waals surface area (Å²) in [6, 6.07) is 15.7. The largest absolute Gasteiger partial charge is 0.380 e. The Morgan fingerprint density at radius 3 is 2.47 bits per heavy atom. The van der Waals surface area contributed by atoms with Crippen molar-refractivity contribution in [3.8, 4) is 0 Å². The molecule has 9 heteroatoms. The number of hydrogen-bond acceptors (Lipinski definition) is 5. The van der Waals surface area contributed by atoms with E-state index in [4.69, 9.17) is 4.74 Å². The van der Waals surface area contributed by atoms with Gasteiger partial charge < -0.3 is 15.4 Å². The van der Waals surface area contributed by atoms with E-state index in [1.807, 2.05) is 0 Å². The molecule has 1 atom stereocenters. The van der Waals surface area contributed by atoms with E-state index in [9.17, 15) is 22.8 Å². The van der Waals surface area contributed by atoms with E-state index in [1.54, 1.807) is 42.5 Å². The van der Waals surface area contributed by atoms with Crippen LogP contribution in [0.5, 0.6) is 0 Å². The summed E-state index contributed by atoms with van der Waals surface area (Å²) in [5.74, 6) is -4.28. The molecule has 6 nitrogen and oxygen atoms in total. The first-order valence-electron chi connectivity index (χ1n) is 11.5. The lowest BCUT2D eigenvalue weighted by molar-refractivity contribution is -0.131. The molecule has 36 heavy (non-hydrogen) atoms. The zero-order valence-corrected chi connectivity index (χ0v) is 19.7. The molecule has 1 saturated heterocycles. The number of carbonyl (C=O) groups excluding carboxylic acids is 2. The SMILES string of the molecule is CC(F)(F)c1ccccc1Nc1ccc(CNC(=O)[C@]2(CC(=O)c3ccc(F)nc3)CCOC2)cc1. The van der Waals surface area contributed by atoms with E-state index in [1.165, 1.54) is 12.1 Å². The predicted octanol–water partition coefficient (Wildman–Crippen LogP) is 5.37. The average molecular weight is 498 g/mol. The summed E-state index contributed by atoms with van der Waals surface area (Å²) in [4.78, 5) is 29.3. The van der Waals surface area contributed by atoms with E-state index in [-0.39, 0.29) is 42.4 Å². The van der Waals surface area contributed by atoms with Crippen molar-refractivity contribution in [2.75, 3.05) is 18.5 Å². The van der Waals surface area contributed by atoms with Crippen molar-refractivity contribution in [2.45, 2.75) is 32.2 Å². The highest BCUT2D eigenvalue weighted by atomic mass is 19.3. The quantitative estimate of drug-likeness (QED) is 0.307. The van der Waals surface area contributed by atoms with Crippen molar-refractivity contribution >= 4 is 23.1 Å². The van der Waals surface area contributed by atoms with Gasteiger partial charge in [-0.1, -0.05) is 30.3 Å². The first kappa shape index (κ1) is 25.4.